The topological polar surface area (TPSA) is 6.48 Å². The second-order valence-corrected chi connectivity index (χ2v) is 7.25. The maximum absolute atomic E-state index is 2.73. The fourth-order valence-electron chi connectivity index (χ4n) is 4.30. The summed E-state index contributed by atoms with van der Waals surface area (Å²) in [6, 6.07) is 1.70. The normalized spacial score (nSPS) is 30.8. The molecule has 0 bridgehead atoms. The highest BCUT2D eigenvalue weighted by Crippen LogP contribution is 2.46. The Labute approximate surface area is 113 Å². The summed E-state index contributed by atoms with van der Waals surface area (Å²) in [7, 11) is 0. The van der Waals surface area contributed by atoms with Crippen LogP contribution in [0.5, 0.6) is 0 Å². The summed E-state index contributed by atoms with van der Waals surface area (Å²) in [5.74, 6) is 0. The van der Waals surface area contributed by atoms with E-state index in [1.165, 1.54) is 71.1 Å². The van der Waals surface area contributed by atoms with Gasteiger partial charge in [0.05, 0.1) is 0 Å². The van der Waals surface area contributed by atoms with E-state index in [9.17, 15) is 0 Å². The van der Waals surface area contributed by atoms with Crippen molar-refractivity contribution in [1.29, 1.82) is 0 Å². The molecule has 0 aromatic carbocycles. The van der Waals surface area contributed by atoms with E-state index in [2.05, 4.69) is 23.6 Å². The number of hydrogen-bond donors (Lipinski definition) is 0. The maximum atomic E-state index is 2.73. The Bertz CT molecular complexity index is 265. The molecule has 0 unspecified atom stereocenters. The van der Waals surface area contributed by atoms with Crippen LogP contribution in [0, 0.1) is 5.41 Å². The quantitative estimate of drug-likeness (QED) is 0.743. The van der Waals surface area contributed by atoms with Crippen molar-refractivity contribution in [2.75, 3.05) is 26.2 Å². The summed E-state index contributed by atoms with van der Waals surface area (Å²) in [4.78, 5) is 5.41. The zero-order valence-electron chi connectivity index (χ0n) is 12.3. The van der Waals surface area contributed by atoms with Crippen LogP contribution in [0.3, 0.4) is 0 Å². The number of hydrogen-bond acceptors (Lipinski definition) is 2. The molecule has 2 aliphatic heterocycles. The first-order valence-electron chi connectivity index (χ1n) is 8.17. The largest absolute Gasteiger partial charge is 0.301 e. The molecular formula is C16H30N2. The van der Waals surface area contributed by atoms with Crippen LogP contribution in [0.4, 0.5) is 0 Å². The smallest absolute Gasteiger partial charge is 0.00956 e. The minimum atomic E-state index is 0.743. The standard InChI is InChI=1S/C16H30N2/c1-14(2)17-12-8-16(9-13-17)6-4-15(5-7-16)18-10-3-11-18/h14-15H,3-13H2,1-2H3. The van der Waals surface area contributed by atoms with Crippen molar-refractivity contribution in [3.05, 3.63) is 0 Å². The van der Waals surface area contributed by atoms with Gasteiger partial charge in [0.2, 0.25) is 0 Å². The molecule has 3 fully saturated rings. The molecule has 3 rings (SSSR count). The SMILES string of the molecule is CC(C)N1CCC2(CCC(N3CCC3)CC2)CC1. The van der Waals surface area contributed by atoms with E-state index in [1.54, 1.807) is 0 Å². The van der Waals surface area contributed by atoms with Crippen LogP contribution in [0.2, 0.25) is 0 Å². The number of likely N-dealkylation sites (tertiary alicyclic amines) is 2. The lowest BCUT2D eigenvalue weighted by molar-refractivity contribution is 0.00853. The van der Waals surface area contributed by atoms with Gasteiger partial charge in [0.1, 0.15) is 0 Å². The summed E-state index contributed by atoms with van der Waals surface area (Å²) in [5.41, 5.74) is 0.743. The first kappa shape index (κ1) is 12.9. The summed E-state index contributed by atoms with van der Waals surface area (Å²) >= 11 is 0. The van der Waals surface area contributed by atoms with Crippen LogP contribution in [0.15, 0.2) is 0 Å². The Morgan fingerprint density at radius 3 is 1.94 bits per heavy atom. The van der Waals surface area contributed by atoms with Crippen molar-refractivity contribution >= 4 is 0 Å². The molecule has 2 heterocycles. The van der Waals surface area contributed by atoms with Crippen LogP contribution < -0.4 is 0 Å². The van der Waals surface area contributed by atoms with E-state index in [1.807, 2.05) is 0 Å². The Hall–Kier alpha value is -0.0800. The zero-order valence-corrected chi connectivity index (χ0v) is 12.3. The molecule has 0 radical (unpaired) electrons. The molecule has 0 aromatic heterocycles. The van der Waals surface area contributed by atoms with Gasteiger partial charge in [-0.05, 0) is 90.4 Å². The van der Waals surface area contributed by atoms with Crippen molar-refractivity contribution in [1.82, 2.24) is 9.80 Å². The minimum Gasteiger partial charge on any atom is -0.301 e. The molecule has 1 spiro atoms. The predicted octanol–water partition coefficient (Wildman–Crippen LogP) is 3.13. The first-order chi connectivity index (χ1) is 8.69. The fraction of sp³-hybridized carbons (Fsp3) is 1.00. The van der Waals surface area contributed by atoms with Crippen molar-refractivity contribution in [2.45, 2.75) is 70.9 Å². The molecule has 18 heavy (non-hydrogen) atoms. The molecule has 0 atom stereocenters. The highest BCUT2D eigenvalue weighted by Gasteiger charge is 2.40. The van der Waals surface area contributed by atoms with Gasteiger partial charge in [0, 0.05) is 12.1 Å². The third-order valence-electron chi connectivity index (χ3n) is 6.01. The second kappa shape index (κ2) is 5.13. The molecule has 104 valence electrons. The molecular weight excluding hydrogens is 220 g/mol. The molecule has 3 aliphatic rings. The Morgan fingerprint density at radius 1 is 0.889 bits per heavy atom. The zero-order chi connectivity index (χ0) is 12.6. The highest BCUT2D eigenvalue weighted by molar-refractivity contribution is 4.94. The summed E-state index contributed by atoms with van der Waals surface area (Å²) in [5, 5.41) is 0. The predicted molar refractivity (Wildman–Crippen MR) is 76.8 cm³/mol. The van der Waals surface area contributed by atoms with Crippen LogP contribution in [0.1, 0.15) is 58.8 Å². The van der Waals surface area contributed by atoms with Gasteiger partial charge < -0.3 is 9.80 Å². The van der Waals surface area contributed by atoms with Crippen molar-refractivity contribution in [2.24, 2.45) is 5.41 Å². The molecule has 2 saturated heterocycles. The first-order valence-corrected chi connectivity index (χ1v) is 8.17. The molecule has 0 N–H and O–H groups in total. The third kappa shape index (κ3) is 2.46. The van der Waals surface area contributed by atoms with E-state index >= 15 is 0 Å². The summed E-state index contributed by atoms with van der Waals surface area (Å²) < 4.78 is 0. The van der Waals surface area contributed by atoms with Crippen molar-refractivity contribution < 1.29 is 0 Å². The van der Waals surface area contributed by atoms with E-state index in [0.29, 0.717) is 0 Å². The average molecular weight is 250 g/mol. The minimum absolute atomic E-state index is 0.743. The van der Waals surface area contributed by atoms with Gasteiger partial charge in [-0.1, -0.05) is 0 Å². The molecule has 2 nitrogen and oxygen atoms in total. The molecule has 2 heteroatoms. The van der Waals surface area contributed by atoms with E-state index in [-0.39, 0.29) is 0 Å². The Kier molecular flexibility index (Phi) is 3.68. The van der Waals surface area contributed by atoms with Crippen LogP contribution in [0.25, 0.3) is 0 Å². The fourth-order valence-corrected chi connectivity index (χ4v) is 4.30. The second-order valence-electron chi connectivity index (χ2n) is 7.25. The lowest BCUT2D eigenvalue weighted by Gasteiger charge is -2.50. The highest BCUT2D eigenvalue weighted by atomic mass is 15.2. The molecule has 1 aliphatic carbocycles. The van der Waals surface area contributed by atoms with Crippen molar-refractivity contribution in [3.8, 4) is 0 Å². The number of piperidine rings is 1. The Morgan fingerprint density at radius 2 is 1.50 bits per heavy atom. The van der Waals surface area contributed by atoms with E-state index in [0.717, 1.165) is 17.5 Å². The Balaban J connectivity index is 1.49. The van der Waals surface area contributed by atoms with Crippen LogP contribution in [-0.2, 0) is 0 Å². The lowest BCUT2D eigenvalue weighted by atomic mass is 9.66. The number of nitrogens with zero attached hydrogens (tertiary/aromatic N) is 2. The van der Waals surface area contributed by atoms with Gasteiger partial charge in [-0.15, -0.1) is 0 Å². The molecule has 0 aromatic rings. The van der Waals surface area contributed by atoms with Crippen LogP contribution in [-0.4, -0.2) is 48.1 Å². The average Bonchev–Trinajstić information content (AvgIpc) is 2.31. The van der Waals surface area contributed by atoms with E-state index < -0.39 is 0 Å². The summed E-state index contributed by atoms with van der Waals surface area (Å²) in [6.45, 7) is 10.2. The molecule has 1 saturated carbocycles. The number of rotatable bonds is 2. The van der Waals surface area contributed by atoms with Gasteiger partial charge in [-0.25, -0.2) is 0 Å². The van der Waals surface area contributed by atoms with Gasteiger partial charge in [0.25, 0.3) is 0 Å². The van der Waals surface area contributed by atoms with Crippen LogP contribution >= 0.6 is 0 Å². The maximum Gasteiger partial charge on any atom is 0.00956 e. The van der Waals surface area contributed by atoms with Gasteiger partial charge >= 0.3 is 0 Å². The third-order valence-corrected chi connectivity index (χ3v) is 6.01. The van der Waals surface area contributed by atoms with Gasteiger partial charge in [0.15, 0.2) is 0 Å². The van der Waals surface area contributed by atoms with Gasteiger partial charge in [-0.3, -0.25) is 0 Å². The molecule has 0 amide bonds. The van der Waals surface area contributed by atoms with Crippen molar-refractivity contribution in [3.63, 3.8) is 0 Å². The lowest BCUT2D eigenvalue weighted by Crippen LogP contribution is -2.50. The monoisotopic (exact) mass is 250 g/mol. The van der Waals surface area contributed by atoms with E-state index in [4.69, 9.17) is 0 Å². The van der Waals surface area contributed by atoms with Gasteiger partial charge in [-0.2, -0.15) is 0 Å². The summed E-state index contributed by atoms with van der Waals surface area (Å²) in [6.07, 6.45) is 10.4.